The van der Waals surface area contributed by atoms with Crippen LogP contribution < -0.4 is 0 Å². The van der Waals surface area contributed by atoms with Crippen molar-refractivity contribution >= 4 is 5.97 Å². The number of aliphatic carboxylic acids is 1. The van der Waals surface area contributed by atoms with Crippen LogP contribution in [0.15, 0.2) is 0 Å². The summed E-state index contributed by atoms with van der Waals surface area (Å²) in [6.45, 7) is 1.08. The van der Waals surface area contributed by atoms with Crippen LogP contribution in [0.25, 0.3) is 0 Å². The highest BCUT2D eigenvalue weighted by Crippen LogP contribution is 1.42. The van der Waals surface area contributed by atoms with Crippen molar-refractivity contribution in [3.8, 4) is 0 Å². The fourth-order valence-electron chi connectivity index (χ4n) is 0. The largest absolute Gasteiger partial charge is 0.481 e. The summed E-state index contributed by atoms with van der Waals surface area (Å²) in [5.41, 5.74) is 0. The predicted octanol–water partition coefficient (Wildman–Crippen LogP) is 0.203. The van der Waals surface area contributed by atoms with E-state index in [0.29, 0.717) is 0 Å². The molecule has 0 fully saturated rings. The quantitative estimate of drug-likeness (QED) is 0.434. The molecule has 2 heteroatoms. The summed E-state index contributed by atoms with van der Waals surface area (Å²) in [5.74, 6) is -0.833. The molecular weight excluding hydrogens is 56.0 g/mol. The van der Waals surface area contributed by atoms with Crippen molar-refractivity contribution in [2.75, 3.05) is 0 Å². The van der Waals surface area contributed by atoms with E-state index in [1.807, 2.05) is 0 Å². The van der Waals surface area contributed by atoms with Crippen LogP contribution >= 0.6 is 0 Å². The molecule has 0 aliphatic heterocycles. The van der Waals surface area contributed by atoms with Gasteiger partial charge in [0.05, 0.1) is 0 Å². The third-order valence-electron chi connectivity index (χ3n) is 0. The lowest BCUT2D eigenvalue weighted by Crippen LogP contribution is -1.78. The summed E-state index contributed by atoms with van der Waals surface area (Å²) < 4.78 is 0. The molecule has 25 valence electrons. The molecular formula is C2H5O2. The number of hydrogen-bond acceptors (Lipinski definition) is 1. The van der Waals surface area contributed by atoms with Gasteiger partial charge in [0.1, 0.15) is 0 Å². The second kappa shape index (κ2) is 0.875. The Labute approximate surface area is 25.5 Å². The highest BCUT2D eigenvalue weighted by molar-refractivity contribution is 5.62. The van der Waals surface area contributed by atoms with Crippen LogP contribution in [0.4, 0.5) is 0 Å². The van der Waals surface area contributed by atoms with Crippen molar-refractivity contribution in [3.05, 3.63) is 0 Å². The molecule has 0 aliphatic rings. The Morgan fingerprint density at radius 2 is 2.25 bits per heavy atom. The lowest BCUT2D eigenvalue weighted by Gasteiger charge is -1.59. The molecule has 2 nitrogen and oxygen atoms in total. The molecule has 0 spiro atoms. The maximum absolute atomic E-state index is 9.00. The Kier molecular flexibility index (Phi) is 0.759. The van der Waals surface area contributed by atoms with Crippen molar-refractivity contribution < 1.29 is 11.3 Å². The first kappa shape index (κ1) is 3.47. The topological polar surface area (TPSA) is 37.3 Å². The summed E-state index contributed by atoms with van der Waals surface area (Å²) in [6, 6.07) is 0. The van der Waals surface area contributed by atoms with E-state index in [0.717, 1.165) is 6.92 Å². The van der Waals surface area contributed by atoms with Gasteiger partial charge in [-0.15, -0.1) is 0 Å². The standard InChI is InChI=1S/C2H4O2.H/c1-2(3)4;/h1H3,(H,3,4);. The second-order valence-electron chi connectivity index (χ2n) is 0.519. The van der Waals surface area contributed by atoms with Gasteiger partial charge in [-0.25, -0.2) is 0 Å². The van der Waals surface area contributed by atoms with E-state index in [1.165, 1.54) is 0 Å². The zero-order chi connectivity index (χ0) is 3.58. The monoisotopic (exact) mass is 61.0 g/mol. The SMILES string of the molecule is CC(=O)O.[H]. The van der Waals surface area contributed by atoms with Crippen LogP contribution in [-0.2, 0) is 4.79 Å². The average Bonchev–Trinajstić information content (AvgIpc) is 0.811. The first-order valence-electron chi connectivity index (χ1n) is 0.928. The Hall–Kier alpha value is -0.530. The van der Waals surface area contributed by atoms with Crippen LogP contribution in [0.5, 0.6) is 0 Å². The van der Waals surface area contributed by atoms with Gasteiger partial charge < -0.3 is 5.11 Å². The number of carboxylic acid groups (broad SMARTS) is 1. The number of carboxylic acids is 1. The van der Waals surface area contributed by atoms with Crippen molar-refractivity contribution in [3.63, 3.8) is 0 Å². The Morgan fingerprint density at radius 1 is 2.25 bits per heavy atom. The Balaban J connectivity index is 0. The molecule has 0 saturated heterocycles. The predicted molar refractivity (Wildman–Crippen MR) is 14.4 cm³/mol. The van der Waals surface area contributed by atoms with Crippen molar-refractivity contribution in [1.29, 1.82) is 0 Å². The molecule has 1 radical (unpaired) electrons. The van der Waals surface area contributed by atoms with Crippen molar-refractivity contribution in [2.24, 2.45) is 0 Å². The summed E-state index contributed by atoms with van der Waals surface area (Å²) >= 11 is 0. The molecule has 0 rings (SSSR count). The van der Waals surface area contributed by atoms with Crippen molar-refractivity contribution in [1.82, 2.24) is 0 Å². The highest BCUT2D eigenvalue weighted by Gasteiger charge is 1.65. The van der Waals surface area contributed by atoms with E-state index < -0.39 is 5.97 Å². The van der Waals surface area contributed by atoms with Gasteiger partial charge in [0.25, 0.3) is 5.97 Å². The number of rotatable bonds is 0. The molecule has 0 saturated carbocycles. The maximum atomic E-state index is 9.00. The Bertz CT molecular complexity index is 30.6. The van der Waals surface area contributed by atoms with Gasteiger partial charge in [-0.1, -0.05) is 0 Å². The van der Waals surface area contributed by atoms with E-state index in [1.54, 1.807) is 0 Å². The van der Waals surface area contributed by atoms with Crippen LogP contribution in [0.1, 0.15) is 8.35 Å². The van der Waals surface area contributed by atoms with Gasteiger partial charge in [-0.3, -0.25) is 4.79 Å². The first-order chi connectivity index (χ1) is 1.73. The van der Waals surface area contributed by atoms with E-state index >= 15 is 0 Å². The van der Waals surface area contributed by atoms with Gasteiger partial charge in [0, 0.05) is 8.35 Å². The van der Waals surface area contributed by atoms with Crippen LogP contribution in [-0.4, -0.2) is 11.1 Å². The van der Waals surface area contributed by atoms with E-state index in [4.69, 9.17) is 9.90 Å². The molecule has 0 aromatic carbocycles. The van der Waals surface area contributed by atoms with Crippen molar-refractivity contribution in [2.45, 2.75) is 6.92 Å². The summed E-state index contributed by atoms with van der Waals surface area (Å²) in [4.78, 5) is 9.00. The molecule has 0 bridgehead atoms. The molecule has 0 aromatic rings. The molecule has 0 aliphatic carbocycles. The van der Waals surface area contributed by atoms with E-state index in [2.05, 4.69) is 0 Å². The van der Waals surface area contributed by atoms with Gasteiger partial charge in [0.15, 0.2) is 0 Å². The molecule has 1 N–H and O–H groups in total. The van der Waals surface area contributed by atoms with E-state index in [9.17, 15) is 0 Å². The smallest absolute Gasteiger partial charge is 0.300 e. The fraction of sp³-hybridized carbons (Fsp3) is 0.500. The third-order valence-corrected chi connectivity index (χ3v) is 0. The fourth-order valence-corrected chi connectivity index (χ4v) is 0. The van der Waals surface area contributed by atoms with Gasteiger partial charge >= 0.3 is 0 Å². The van der Waals surface area contributed by atoms with Gasteiger partial charge in [-0.05, 0) is 0 Å². The normalized spacial score (nSPS) is 6.25. The van der Waals surface area contributed by atoms with Crippen LogP contribution in [0.3, 0.4) is 0 Å². The second-order valence-corrected chi connectivity index (χ2v) is 0.519. The number of hydrogen-bond donors (Lipinski definition) is 1. The van der Waals surface area contributed by atoms with Gasteiger partial charge in [0.2, 0.25) is 0 Å². The zero-order valence-electron chi connectivity index (χ0n) is 3.36. The molecule has 0 atom stereocenters. The summed E-state index contributed by atoms with van der Waals surface area (Å²) in [5, 5.41) is 7.42. The molecule has 0 heterocycles. The summed E-state index contributed by atoms with van der Waals surface area (Å²) in [7, 11) is 0. The lowest BCUT2D eigenvalue weighted by molar-refractivity contribution is -0.134. The minimum Gasteiger partial charge on any atom is -0.481 e. The molecule has 0 amide bonds. The van der Waals surface area contributed by atoms with Crippen LogP contribution in [0, 0.1) is 0 Å². The Morgan fingerprint density at radius 3 is 2.25 bits per heavy atom. The average molecular weight is 61.1 g/mol. The summed E-state index contributed by atoms with van der Waals surface area (Å²) in [6.07, 6.45) is 0. The molecule has 4 heavy (non-hydrogen) atoms. The zero-order valence-corrected chi connectivity index (χ0v) is 2.36. The number of carbonyl (C=O) groups is 1. The molecule has 0 unspecified atom stereocenters. The van der Waals surface area contributed by atoms with Crippen LogP contribution in [0.2, 0.25) is 0 Å². The minimum atomic E-state index is -0.833. The van der Waals surface area contributed by atoms with Gasteiger partial charge in [-0.2, -0.15) is 0 Å². The molecule has 0 aromatic heterocycles. The van der Waals surface area contributed by atoms with E-state index in [-0.39, 0.29) is 1.43 Å². The minimum absolute atomic E-state index is 0. The first-order valence-corrected chi connectivity index (χ1v) is 0.928. The highest BCUT2D eigenvalue weighted by atomic mass is 16.4. The third kappa shape index (κ3) is 1.16. The lowest BCUT2D eigenvalue weighted by atomic mass is 10.9. The maximum Gasteiger partial charge on any atom is 0.300 e.